The molecule has 0 aliphatic carbocycles. The number of benzene rings is 1. The molecule has 19 heavy (non-hydrogen) atoms. The van der Waals surface area contributed by atoms with Crippen molar-refractivity contribution in [1.82, 2.24) is 9.78 Å². The third-order valence-corrected chi connectivity index (χ3v) is 3.49. The molecule has 0 aliphatic heterocycles. The van der Waals surface area contributed by atoms with E-state index in [9.17, 15) is 4.39 Å². The average molecular weight is 328 g/mol. The molecule has 0 fully saturated rings. The Morgan fingerprint density at radius 2 is 2.26 bits per heavy atom. The van der Waals surface area contributed by atoms with Crippen molar-refractivity contribution in [2.75, 3.05) is 0 Å². The average Bonchev–Trinajstić information content (AvgIpc) is 2.83. The van der Waals surface area contributed by atoms with E-state index in [1.54, 1.807) is 29.2 Å². The van der Waals surface area contributed by atoms with Crippen molar-refractivity contribution in [3.8, 4) is 11.5 Å². The van der Waals surface area contributed by atoms with Gasteiger partial charge in [0.1, 0.15) is 0 Å². The number of nitrogens with zero attached hydrogens (tertiary/aromatic N) is 2. The number of halogens is 2. The molecule has 0 aliphatic rings. The van der Waals surface area contributed by atoms with Crippen LogP contribution in [0.2, 0.25) is 0 Å². The second-order valence-corrected chi connectivity index (χ2v) is 4.89. The van der Waals surface area contributed by atoms with Gasteiger partial charge in [-0.05, 0) is 34.0 Å². The van der Waals surface area contributed by atoms with Crippen LogP contribution in [0.4, 0.5) is 4.39 Å². The van der Waals surface area contributed by atoms with Crippen molar-refractivity contribution in [1.29, 1.82) is 0 Å². The molecule has 2 rings (SSSR count). The summed E-state index contributed by atoms with van der Waals surface area (Å²) in [5.41, 5.74) is 6.21. The van der Waals surface area contributed by atoms with E-state index in [1.165, 1.54) is 0 Å². The molecule has 102 valence electrons. The summed E-state index contributed by atoms with van der Waals surface area (Å²) in [6.45, 7) is 3.14. The summed E-state index contributed by atoms with van der Waals surface area (Å²) in [5.74, 6) is 0.214. The van der Waals surface area contributed by atoms with Crippen LogP contribution in [0.1, 0.15) is 18.9 Å². The lowest BCUT2D eigenvalue weighted by atomic mass is 10.2. The third-order valence-electron chi connectivity index (χ3n) is 2.64. The highest BCUT2D eigenvalue weighted by Gasteiger charge is 2.13. The van der Waals surface area contributed by atoms with E-state index in [0.717, 1.165) is 13.0 Å². The number of nitrogens with two attached hydrogens (primary N) is 1. The van der Waals surface area contributed by atoms with Gasteiger partial charge in [-0.1, -0.05) is 13.0 Å². The quantitative estimate of drug-likeness (QED) is 0.915. The minimum Gasteiger partial charge on any atom is -0.451 e. The molecular weight excluding hydrogens is 313 g/mol. The molecule has 1 aromatic heterocycles. The molecule has 2 aromatic rings. The summed E-state index contributed by atoms with van der Waals surface area (Å²) >= 11 is 3.18. The normalized spacial score (nSPS) is 10.7. The highest BCUT2D eigenvalue weighted by molar-refractivity contribution is 9.10. The minimum atomic E-state index is -0.453. The number of aryl methyl sites for hydroxylation is 1. The summed E-state index contributed by atoms with van der Waals surface area (Å²) in [7, 11) is 0. The molecule has 4 nitrogen and oxygen atoms in total. The number of hydrogen-bond donors (Lipinski definition) is 1. The highest BCUT2D eigenvalue weighted by Crippen LogP contribution is 2.31. The van der Waals surface area contributed by atoms with Crippen molar-refractivity contribution >= 4 is 15.9 Å². The van der Waals surface area contributed by atoms with Crippen LogP contribution < -0.4 is 10.5 Å². The van der Waals surface area contributed by atoms with Gasteiger partial charge in [0.2, 0.25) is 0 Å². The van der Waals surface area contributed by atoms with Crippen LogP contribution in [-0.2, 0) is 13.1 Å². The molecule has 0 radical (unpaired) electrons. The van der Waals surface area contributed by atoms with Crippen molar-refractivity contribution in [3.05, 3.63) is 40.4 Å². The maximum absolute atomic E-state index is 14.0. The van der Waals surface area contributed by atoms with Gasteiger partial charge in [0, 0.05) is 13.1 Å². The Labute approximate surface area is 119 Å². The number of rotatable bonds is 5. The topological polar surface area (TPSA) is 53.1 Å². The first-order chi connectivity index (χ1) is 9.15. The fraction of sp³-hybridized carbons (Fsp3) is 0.308. The zero-order chi connectivity index (χ0) is 13.8. The van der Waals surface area contributed by atoms with Gasteiger partial charge >= 0.3 is 0 Å². The lowest BCUT2D eigenvalue weighted by Gasteiger charge is -2.08. The van der Waals surface area contributed by atoms with E-state index in [-0.39, 0.29) is 12.3 Å². The minimum absolute atomic E-state index is 0.153. The molecule has 1 aromatic carbocycles. The smallest absolute Gasteiger partial charge is 0.180 e. The van der Waals surface area contributed by atoms with E-state index in [1.807, 2.05) is 0 Å². The van der Waals surface area contributed by atoms with Crippen LogP contribution in [-0.4, -0.2) is 9.78 Å². The van der Waals surface area contributed by atoms with Crippen LogP contribution in [0.5, 0.6) is 11.5 Å². The van der Waals surface area contributed by atoms with Gasteiger partial charge in [0.25, 0.3) is 0 Å². The van der Waals surface area contributed by atoms with Crippen molar-refractivity contribution < 1.29 is 9.13 Å². The summed E-state index contributed by atoms with van der Waals surface area (Å²) in [6, 6.07) is 3.30. The maximum Gasteiger partial charge on any atom is 0.180 e. The Bertz CT molecular complexity index is 571. The van der Waals surface area contributed by atoms with E-state index in [0.29, 0.717) is 15.8 Å². The van der Waals surface area contributed by atoms with E-state index in [2.05, 4.69) is 28.0 Å². The fourth-order valence-corrected chi connectivity index (χ4v) is 2.17. The highest BCUT2D eigenvalue weighted by atomic mass is 79.9. The Morgan fingerprint density at radius 1 is 1.47 bits per heavy atom. The Hall–Kier alpha value is -1.40. The molecule has 1 heterocycles. The van der Waals surface area contributed by atoms with Crippen molar-refractivity contribution in [2.24, 2.45) is 5.73 Å². The van der Waals surface area contributed by atoms with Gasteiger partial charge in [-0.15, -0.1) is 0 Å². The monoisotopic (exact) mass is 327 g/mol. The lowest BCUT2D eigenvalue weighted by molar-refractivity contribution is 0.438. The Kier molecular flexibility index (Phi) is 4.55. The third kappa shape index (κ3) is 3.13. The van der Waals surface area contributed by atoms with Crippen LogP contribution in [0.15, 0.2) is 29.0 Å². The van der Waals surface area contributed by atoms with Crippen LogP contribution >= 0.6 is 15.9 Å². The zero-order valence-electron chi connectivity index (χ0n) is 10.6. The number of hydrogen-bond acceptors (Lipinski definition) is 3. The first-order valence-electron chi connectivity index (χ1n) is 6.03. The lowest BCUT2D eigenvalue weighted by Crippen LogP contribution is -2.00. The molecule has 0 spiro atoms. The molecule has 0 saturated carbocycles. The largest absolute Gasteiger partial charge is 0.451 e. The second kappa shape index (κ2) is 6.16. The predicted molar refractivity (Wildman–Crippen MR) is 74.6 cm³/mol. The molecule has 0 saturated heterocycles. The van der Waals surface area contributed by atoms with Crippen molar-refractivity contribution in [2.45, 2.75) is 26.4 Å². The SMILES string of the molecule is CCCn1cc(Oc2ccc(CN)c(Br)c2F)cn1. The Balaban J connectivity index is 2.20. The number of ether oxygens (including phenoxy) is 1. The fourth-order valence-electron chi connectivity index (χ4n) is 1.68. The molecule has 0 bridgehead atoms. The molecule has 0 unspecified atom stereocenters. The summed E-state index contributed by atoms with van der Waals surface area (Å²) < 4.78 is 21.6. The van der Waals surface area contributed by atoms with Gasteiger partial charge in [-0.25, -0.2) is 4.39 Å². The van der Waals surface area contributed by atoms with Gasteiger partial charge in [-0.3, -0.25) is 4.68 Å². The molecule has 2 N–H and O–H groups in total. The van der Waals surface area contributed by atoms with Crippen LogP contribution in [0.25, 0.3) is 0 Å². The van der Waals surface area contributed by atoms with Crippen LogP contribution in [0, 0.1) is 5.82 Å². The van der Waals surface area contributed by atoms with Gasteiger partial charge in [0.15, 0.2) is 17.3 Å². The predicted octanol–water partition coefficient (Wildman–Crippen LogP) is 3.45. The van der Waals surface area contributed by atoms with Gasteiger partial charge in [0.05, 0.1) is 16.9 Å². The van der Waals surface area contributed by atoms with Crippen LogP contribution in [0.3, 0.4) is 0 Å². The molecule has 6 heteroatoms. The van der Waals surface area contributed by atoms with Gasteiger partial charge in [-0.2, -0.15) is 5.10 Å². The molecular formula is C13H15BrFN3O. The van der Waals surface area contributed by atoms with Crippen molar-refractivity contribution in [3.63, 3.8) is 0 Å². The standard InChI is InChI=1S/C13H15BrFN3O/c1-2-5-18-8-10(7-17-18)19-11-4-3-9(6-16)12(14)13(11)15/h3-4,7-8H,2,5-6,16H2,1H3. The van der Waals surface area contributed by atoms with Gasteiger partial charge < -0.3 is 10.5 Å². The maximum atomic E-state index is 14.0. The van der Waals surface area contributed by atoms with E-state index < -0.39 is 5.82 Å². The number of aromatic nitrogens is 2. The first-order valence-corrected chi connectivity index (χ1v) is 6.82. The first kappa shape index (κ1) is 14.0. The Morgan fingerprint density at radius 3 is 2.95 bits per heavy atom. The van der Waals surface area contributed by atoms with E-state index in [4.69, 9.17) is 10.5 Å². The summed E-state index contributed by atoms with van der Waals surface area (Å²) in [6.07, 6.45) is 4.29. The molecule has 0 amide bonds. The summed E-state index contributed by atoms with van der Waals surface area (Å²) in [4.78, 5) is 0. The summed E-state index contributed by atoms with van der Waals surface area (Å²) in [5, 5.41) is 4.13. The van der Waals surface area contributed by atoms with E-state index >= 15 is 0 Å². The second-order valence-electron chi connectivity index (χ2n) is 4.10. The zero-order valence-corrected chi connectivity index (χ0v) is 12.2. The molecule has 0 atom stereocenters.